The second kappa shape index (κ2) is 6.80. The van der Waals surface area contributed by atoms with Gasteiger partial charge in [-0.1, -0.05) is 20.8 Å². The maximum atomic E-state index is 5.75. The summed E-state index contributed by atoms with van der Waals surface area (Å²) in [7, 11) is 0. The molecular formula is C16H25N5O2. The second-order valence-corrected chi connectivity index (χ2v) is 6.90. The predicted molar refractivity (Wildman–Crippen MR) is 87.8 cm³/mol. The molecule has 0 bridgehead atoms. The van der Waals surface area contributed by atoms with Gasteiger partial charge in [-0.2, -0.15) is 4.52 Å². The second-order valence-electron chi connectivity index (χ2n) is 6.90. The van der Waals surface area contributed by atoms with E-state index in [1.807, 2.05) is 16.6 Å². The summed E-state index contributed by atoms with van der Waals surface area (Å²) in [4.78, 5) is 0. The van der Waals surface area contributed by atoms with Gasteiger partial charge in [0, 0.05) is 25.2 Å². The smallest absolute Gasteiger partial charge is 0.178 e. The van der Waals surface area contributed by atoms with Crippen LogP contribution in [-0.2, 0) is 14.9 Å². The molecule has 23 heavy (non-hydrogen) atoms. The summed E-state index contributed by atoms with van der Waals surface area (Å²) in [6, 6.07) is 3.87. The summed E-state index contributed by atoms with van der Waals surface area (Å²) >= 11 is 0. The van der Waals surface area contributed by atoms with Gasteiger partial charge in [-0.3, -0.25) is 0 Å². The number of aromatic nitrogens is 4. The first-order valence-corrected chi connectivity index (χ1v) is 8.20. The van der Waals surface area contributed by atoms with Crippen molar-refractivity contribution < 1.29 is 9.47 Å². The van der Waals surface area contributed by atoms with E-state index in [2.05, 4.69) is 41.4 Å². The van der Waals surface area contributed by atoms with Crippen molar-refractivity contribution in [1.82, 2.24) is 19.8 Å². The van der Waals surface area contributed by atoms with E-state index in [0.717, 1.165) is 56.5 Å². The highest BCUT2D eigenvalue weighted by Gasteiger charge is 2.21. The van der Waals surface area contributed by atoms with Gasteiger partial charge in [0.05, 0.1) is 12.7 Å². The lowest BCUT2D eigenvalue weighted by atomic mass is 9.96. The van der Waals surface area contributed by atoms with Gasteiger partial charge in [0.2, 0.25) is 0 Å². The SMILES string of the molecule is CC(C)(C)c1nnc2ccc(NCCCOC3CCOC3)nn12. The number of nitrogens with zero attached hydrogens (tertiary/aromatic N) is 4. The van der Waals surface area contributed by atoms with E-state index in [1.54, 1.807) is 0 Å². The number of rotatable bonds is 6. The van der Waals surface area contributed by atoms with Crippen molar-refractivity contribution in [2.45, 2.75) is 45.1 Å². The number of hydrogen-bond donors (Lipinski definition) is 1. The maximum absolute atomic E-state index is 5.75. The minimum absolute atomic E-state index is 0.0950. The zero-order valence-corrected chi connectivity index (χ0v) is 14.1. The van der Waals surface area contributed by atoms with Gasteiger partial charge < -0.3 is 14.8 Å². The number of anilines is 1. The molecule has 0 saturated carbocycles. The summed E-state index contributed by atoms with van der Waals surface area (Å²) in [5, 5.41) is 16.4. The Balaban J connectivity index is 1.53. The molecule has 1 aliphatic rings. The highest BCUT2D eigenvalue weighted by Crippen LogP contribution is 2.20. The zero-order valence-electron chi connectivity index (χ0n) is 14.1. The van der Waals surface area contributed by atoms with E-state index in [9.17, 15) is 0 Å². The molecule has 1 aliphatic heterocycles. The predicted octanol–water partition coefficient (Wildman–Crippen LogP) is 2.03. The third kappa shape index (κ3) is 3.97. The van der Waals surface area contributed by atoms with E-state index >= 15 is 0 Å². The van der Waals surface area contributed by atoms with Gasteiger partial charge in [-0.15, -0.1) is 15.3 Å². The van der Waals surface area contributed by atoms with E-state index in [-0.39, 0.29) is 11.5 Å². The normalized spacial score (nSPS) is 18.7. The molecule has 0 amide bonds. The first-order valence-electron chi connectivity index (χ1n) is 8.20. The fourth-order valence-corrected chi connectivity index (χ4v) is 2.53. The fourth-order valence-electron chi connectivity index (χ4n) is 2.53. The molecule has 126 valence electrons. The Morgan fingerprint density at radius 1 is 1.35 bits per heavy atom. The quantitative estimate of drug-likeness (QED) is 0.821. The Bertz CT molecular complexity index is 643. The molecule has 7 nitrogen and oxygen atoms in total. The molecule has 2 aromatic heterocycles. The van der Waals surface area contributed by atoms with Crippen molar-refractivity contribution >= 4 is 11.5 Å². The Hall–Kier alpha value is -1.73. The maximum Gasteiger partial charge on any atom is 0.178 e. The molecule has 0 aromatic carbocycles. The topological polar surface area (TPSA) is 73.6 Å². The molecule has 1 saturated heterocycles. The number of hydrogen-bond acceptors (Lipinski definition) is 6. The molecule has 1 atom stereocenters. The minimum Gasteiger partial charge on any atom is -0.379 e. The average Bonchev–Trinajstić information content (AvgIpc) is 3.14. The van der Waals surface area contributed by atoms with Gasteiger partial charge >= 0.3 is 0 Å². The fraction of sp³-hybridized carbons (Fsp3) is 0.688. The summed E-state index contributed by atoms with van der Waals surface area (Å²) < 4.78 is 12.9. The summed E-state index contributed by atoms with van der Waals surface area (Å²) in [5.74, 6) is 1.69. The van der Waals surface area contributed by atoms with Crippen LogP contribution in [0.25, 0.3) is 5.65 Å². The highest BCUT2D eigenvalue weighted by atomic mass is 16.5. The monoisotopic (exact) mass is 319 g/mol. The van der Waals surface area contributed by atoms with E-state index in [4.69, 9.17) is 9.47 Å². The van der Waals surface area contributed by atoms with E-state index in [0.29, 0.717) is 0 Å². The standard InChI is InChI=1S/C16H25N5O2/c1-16(2,3)15-19-18-14-6-5-13(20-21(14)15)17-8-4-9-23-12-7-10-22-11-12/h5-6,12H,4,7-11H2,1-3H3,(H,17,20). The number of ether oxygens (including phenoxy) is 2. The third-order valence-electron chi connectivity index (χ3n) is 3.80. The van der Waals surface area contributed by atoms with Crippen molar-refractivity contribution in [1.29, 1.82) is 0 Å². The van der Waals surface area contributed by atoms with Gasteiger partial charge in [-0.25, -0.2) is 0 Å². The van der Waals surface area contributed by atoms with Crippen LogP contribution in [0.15, 0.2) is 12.1 Å². The summed E-state index contributed by atoms with van der Waals surface area (Å²) in [6.07, 6.45) is 2.22. The molecule has 0 aliphatic carbocycles. The molecule has 1 N–H and O–H groups in total. The molecule has 3 heterocycles. The Labute approximate surface area is 136 Å². The van der Waals surface area contributed by atoms with Crippen LogP contribution in [0.1, 0.15) is 39.4 Å². The van der Waals surface area contributed by atoms with Crippen molar-refractivity contribution in [3.05, 3.63) is 18.0 Å². The van der Waals surface area contributed by atoms with Gasteiger partial charge in [0.15, 0.2) is 11.5 Å². The van der Waals surface area contributed by atoms with Crippen LogP contribution >= 0.6 is 0 Å². The summed E-state index contributed by atoms with van der Waals surface area (Å²) in [6.45, 7) is 9.43. The first-order chi connectivity index (χ1) is 11.0. The molecule has 7 heteroatoms. The molecular weight excluding hydrogens is 294 g/mol. The van der Waals surface area contributed by atoms with Crippen LogP contribution < -0.4 is 5.32 Å². The summed E-state index contributed by atoms with van der Waals surface area (Å²) in [5.41, 5.74) is 0.674. The first kappa shape index (κ1) is 16.1. The molecule has 0 spiro atoms. The Morgan fingerprint density at radius 2 is 2.22 bits per heavy atom. The van der Waals surface area contributed by atoms with E-state index in [1.165, 1.54) is 0 Å². The lowest BCUT2D eigenvalue weighted by Crippen LogP contribution is -2.18. The molecule has 3 rings (SSSR count). The van der Waals surface area contributed by atoms with Crippen LogP contribution in [0, 0.1) is 0 Å². The molecule has 1 fully saturated rings. The van der Waals surface area contributed by atoms with Gasteiger partial charge in [-0.05, 0) is 25.0 Å². The van der Waals surface area contributed by atoms with Crippen LogP contribution in [0.5, 0.6) is 0 Å². The molecule has 1 unspecified atom stereocenters. The van der Waals surface area contributed by atoms with Gasteiger partial charge in [0.25, 0.3) is 0 Å². The van der Waals surface area contributed by atoms with Crippen molar-refractivity contribution in [2.24, 2.45) is 0 Å². The zero-order chi connectivity index (χ0) is 16.3. The largest absolute Gasteiger partial charge is 0.379 e. The lowest BCUT2D eigenvalue weighted by molar-refractivity contribution is 0.0427. The van der Waals surface area contributed by atoms with Crippen LogP contribution in [0.4, 0.5) is 5.82 Å². The van der Waals surface area contributed by atoms with Crippen molar-refractivity contribution in [2.75, 3.05) is 31.7 Å². The van der Waals surface area contributed by atoms with E-state index < -0.39 is 0 Å². The Kier molecular flexibility index (Phi) is 4.77. The van der Waals surface area contributed by atoms with Crippen LogP contribution in [0.2, 0.25) is 0 Å². The minimum atomic E-state index is -0.0950. The van der Waals surface area contributed by atoms with Gasteiger partial charge in [0.1, 0.15) is 5.82 Å². The van der Waals surface area contributed by atoms with Crippen molar-refractivity contribution in [3.63, 3.8) is 0 Å². The molecule has 2 aromatic rings. The lowest BCUT2D eigenvalue weighted by Gasteiger charge is -2.15. The van der Waals surface area contributed by atoms with Crippen molar-refractivity contribution in [3.8, 4) is 0 Å². The molecule has 0 radical (unpaired) electrons. The van der Waals surface area contributed by atoms with Crippen LogP contribution in [-0.4, -0.2) is 52.3 Å². The number of nitrogens with one attached hydrogen (secondary N) is 1. The van der Waals surface area contributed by atoms with Crippen LogP contribution in [0.3, 0.4) is 0 Å². The average molecular weight is 319 g/mol. The Morgan fingerprint density at radius 3 is 2.96 bits per heavy atom. The highest BCUT2D eigenvalue weighted by molar-refractivity contribution is 5.44. The third-order valence-corrected chi connectivity index (χ3v) is 3.80. The number of fused-ring (bicyclic) bond motifs is 1.